The zero-order chi connectivity index (χ0) is 20.9. The van der Waals surface area contributed by atoms with Crippen molar-refractivity contribution in [2.45, 2.75) is 32.1 Å². The van der Waals surface area contributed by atoms with Crippen LogP contribution in [-0.4, -0.2) is 28.3 Å². The average molecular weight is 398 g/mol. The normalized spacial score (nSPS) is 16.9. The maximum absolute atomic E-state index is 13.0. The van der Waals surface area contributed by atoms with Gasteiger partial charge in [-0.25, -0.2) is 4.98 Å². The summed E-state index contributed by atoms with van der Waals surface area (Å²) in [5.74, 6) is 7.10. The Morgan fingerprint density at radius 3 is 2.77 bits per heavy atom. The van der Waals surface area contributed by atoms with E-state index in [1.807, 2.05) is 44.2 Å². The van der Waals surface area contributed by atoms with Crippen LogP contribution >= 0.6 is 0 Å². The number of hydrogen-bond acceptors (Lipinski definition) is 3. The van der Waals surface area contributed by atoms with Crippen molar-refractivity contribution in [3.63, 3.8) is 0 Å². The molecule has 1 aliphatic heterocycles. The minimum atomic E-state index is -0.642. The Hall–Kier alpha value is -3.59. The van der Waals surface area contributed by atoms with Crippen LogP contribution in [0.15, 0.2) is 42.5 Å². The van der Waals surface area contributed by atoms with Gasteiger partial charge in [0.05, 0.1) is 28.7 Å². The van der Waals surface area contributed by atoms with E-state index in [0.717, 1.165) is 29.6 Å². The van der Waals surface area contributed by atoms with Crippen molar-refractivity contribution in [2.24, 2.45) is 5.92 Å². The number of nitrogens with zero attached hydrogens (tertiary/aromatic N) is 2. The van der Waals surface area contributed by atoms with Crippen LogP contribution in [0, 0.1) is 17.8 Å². The van der Waals surface area contributed by atoms with E-state index in [0.29, 0.717) is 29.5 Å². The van der Waals surface area contributed by atoms with Crippen LogP contribution in [0.5, 0.6) is 0 Å². The summed E-state index contributed by atoms with van der Waals surface area (Å²) in [6, 6.07) is 12.9. The SMILES string of the molecule is CC1(C)C(=O)N(CC#CC2CC2)c2cc3[nH]c(NC(=O)c4ccccc4)nc3cc21. The quantitative estimate of drug-likeness (QED) is 0.658. The number of H-pyrrole nitrogens is 1. The number of amides is 2. The topological polar surface area (TPSA) is 78.1 Å². The van der Waals surface area contributed by atoms with Crippen molar-refractivity contribution in [1.29, 1.82) is 0 Å². The number of nitrogens with one attached hydrogen (secondary N) is 2. The fourth-order valence-corrected chi connectivity index (χ4v) is 3.81. The summed E-state index contributed by atoms with van der Waals surface area (Å²) >= 11 is 0. The number of carbonyl (C=O) groups is 2. The molecule has 2 N–H and O–H groups in total. The van der Waals surface area contributed by atoms with E-state index >= 15 is 0 Å². The second-order valence-corrected chi connectivity index (χ2v) is 8.40. The van der Waals surface area contributed by atoms with E-state index in [1.165, 1.54) is 0 Å². The summed E-state index contributed by atoms with van der Waals surface area (Å²) in [6.45, 7) is 4.25. The second kappa shape index (κ2) is 6.74. The van der Waals surface area contributed by atoms with Crippen LogP contribution in [0.3, 0.4) is 0 Å². The second-order valence-electron chi connectivity index (χ2n) is 8.40. The van der Waals surface area contributed by atoms with Gasteiger partial charge in [0.2, 0.25) is 11.9 Å². The molecule has 0 bridgehead atoms. The third-order valence-electron chi connectivity index (χ3n) is 5.73. The van der Waals surface area contributed by atoms with Crippen LogP contribution in [0.25, 0.3) is 11.0 Å². The molecule has 3 aromatic rings. The zero-order valence-corrected chi connectivity index (χ0v) is 17.0. The van der Waals surface area contributed by atoms with E-state index in [2.05, 4.69) is 27.1 Å². The standard InChI is InChI=1S/C24H22N4O2/c1-24(2)17-13-18-19(14-20(17)28(22(24)30)12-6-7-15-10-11-15)26-23(25-18)27-21(29)16-8-4-3-5-9-16/h3-5,8-9,13-15H,10-12H2,1-2H3,(H2,25,26,27,29). The van der Waals surface area contributed by atoms with Gasteiger partial charge in [0.15, 0.2) is 0 Å². The summed E-state index contributed by atoms with van der Waals surface area (Å²) in [6.07, 6.45) is 2.32. The molecule has 1 fully saturated rings. The molecular formula is C24H22N4O2. The van der Waals surface area contributed by atoms with Gasteiger partial charge in [-0.1, -0.05) is 30.0 Å². The van der Waals surface area contributed by atoms with Crippen LogP contribution < -0.4 is 10.2 Å². The lowest BCUT2D eigenvalue weighted by atomic mass is 9.86. The molecule has 1 saturated carbocycles. The van der Waals surface area contributed by atoms with Gasteiger partial charge in [-0.05, 0) is 56.5 Å². The molecule has 0 radical (unpaired) electrons. The maximum Gasteiger partial charge on any atom is 0.257 e. The highest BCUT2D eigenvalue weighted by Gasteiger charge is 2.44. The maximum atomic E-state index is 13.0. The fourth-order valence-electron chi connectivity index (χ4n) is 3.81. The Kier molecular flexibility index (Phi) is 4.14. The predicted octanol–water partition coefficient (Wildman–Crippen LogP) is 3.85. The number of imidazole rings is 1. The Morgan fingerprint density at radius 1 is 1.27 bits per heavy atom. The number of carbonyl (C=O) groups excluding carboxylic acids is 2. The van der Waals surface area contributed by atoms with Crippen LogP contribution in [-0.2, 0) is 10.2 Å². The van der Waals surface area contributed by atoms with Crippen molar-refractivity contribution < 1.29 is 9.59 Å². The van der Waals surface area contributed by atoms with Crippen molar-refractivity contribution in [1.82, 2.24) is 9.97 Å². The van der Waals surface area contributed by atoms with Crippen molar-refractivity contribution in [3.05, 3.63) is 53.6 Å². The Balaban J connectivity index is 1.47. The first-order chi connectivity index (χ1) is 14.4. The molecule has 2 amide bonds. The number of aromatic amines is 1. The minimum absolute atomic E-state index is 0.0489. The lowest BCUT2D eigenvalue weighted by Crippen LogP contribution is -2.36. The lowest BCUT2D eigenvalue weighted by Gasteiger charge is -2.18. The third kappa shape index (κ3) is 3.13. The van der Waals surface area contributed by atoms with E-state index < -0.39 is 5.41 Å². The van der Waals surface area contributed by atoms with Gasteiger partial charge >= 0.3 is 0 Å². The third-order valence-corrected chi connectivity index (χ3v) is 5.73. The molecule has 1 aromatic heterocycles. The van der Waals surface area contributed by atoms with Crippen LogP contribution in [0.1, 0.15) is 42.6 Å². The van der Waals surface area contributed by atoms with Gasteiger partial charge in [-0.15, -0.1) is 0 Å². The Bertz CT molecular complexity index is 1230. The van der Waals surface area contributed by atoms with Gasteiger partial charge in [0.1, 0.15) is 0 Å². The van der Waals surface area contributed by atoms with Gasteiger partial charge in [0, 0.05) is 11.5 Å². The summed E-state index contributed by atoms with van der Waals surface area (Å²) in [4.78, 5) is 34.9. The molecular weight excluding hydrogens is 376 g/mol. The molecule has 6 heteroatoms. The first kappa shape index (κ1) is 18.4. The van der Waals surface area contributed by atoms with E-state index in [4.69, 9.17) is 0 Å². The Labute approximate surface area is 174 Å². The smallest absolute Gasteiger partial charge is 0.257 e. The summed E-state index contributed by atoms with van der Waals surface area (Å²) in [7, 11) is 0. The molecule has 6 nitrogen and oxygen atoms in total. The van der Waals surface area contributed by atoms with Crippen LogP contribution in [0.2, 0.25) is 0 Å². The molecule has 2 aliphatic rings. The number of anilines is 2. The highest BCUT2D eigenvalue weighted by Crippen LogP contribution is 2.43. The molecule has 150 valence electrons. The monoisotopic (exact) mass is 398 g/mol. The molecule has 0 unspecified atom stereocenters. The summed E-state index contributed by atoms with van der Waals surface area (Å²) < 4.78 is 0. The van der Waals surface area contributed by atoms with E-state index in [-0.39, 0.29) is 11.8 Å². The summed E-state index contributed by atoms with van der Waals surface area (Å²) in [5, 5.41) is 2.81. The molecule has 5 rings (SSSR count). The largest absolute Gasteiger partial charge is 0.324 e. The molecule has 1 aliphatic carbocycles. The minimum Gasteiger partial charge on any atom is -0.324 e. The average Bonchev–Trinajstić information content (AvgIpc) is 3.44. The molecule has 0 spiro atoms. The highest BCUT2D eigenvalue weighted by atomic mass is 16.2. The zero-order valence-electron chi connectivity index (χ0n) is 17.0. The first-order valence-electron chi connectivity index (χ1n) is 10.1. The van der Waals surface area contributed by atoms with Crippen LogP contribution in [0.4, 0.5) is 11.6 Å². The molecule has 0 saturated heterocycles. The van der Waals surface area contributed by atoms with Gasteiger partial charge in [-0.3, -0.25) is 19.8 Å². The molecule has 2 heterocycles. The summed E-state index contributed by atoms with van der Waals surface area (Å²) in [5.41, 5.74) is 3.18. The molecule has 30 heavy (non-hydrogen) atoms. The first-order valence-corrected chi connectivity index (χ1v) is 10.1. The molecule has 2 aromatic carbocycles. The highest BCUT2D eigenvalue weighted by molar-refractivity contribution is 6.10. The number of fused-ring (bicyclic) bond motifs is 2. The number of aromatic nitrogens is 2. The van der Waals surface area contributed by atoms with E-state index in [9.17, 15) is 9.59 Å². The fraction of sp³-hybridized carbons (Fsp3) is 0.292. The van der Waals surface area contributed by atoms with Gasteiger partial charge in [0.25, 0.3) is 5.91 Å². The molecule has 0 atom stereocenters. The van der Waals surface area contributed by atoms with Gasteiger partial charge < -0.3 is 4.98 Å². The van der Waals surface area contributed by atoms with Crippen molar-refractivity contribution in [2.75, 3.05) is 16.8 Å². The number of benzene rings is 2. The Morgan fingerprint density at radius 2 is 2.03 bits per heavy atom. The number of hydrogen-bond donors (Lipinski definition) is 2. The lowest BCUT2D eigenvalue weighted by molar-refractivity contribution is -0.121. The van der Waals surface area contributed by atoms with Gasteiger partial charge in [-0.2, -0.15) is 0 Å². The van der Waals surface area contributed by atoms with Crippen molar-refractivity contribution in [3.8, 4) is 11.8 Å². The van der Waals surface area contributed by atoms with E-state index in [1.54, 1.807) is 17.0 Å². The van der Waals surface area contributed by atoms with Crippen molar-refractivity contribution >= 4 is 34.5 Å². The number of rotatable bonds is 3. The predicted molar refractivity (Wildman–Crippen MR) is 116 cm³/mol.